The van der Waals surface area contributed by atoms with Crippen molar-refractivity contribution in [1.29, 1.82) is 0 Å². The molecule has 4 nitrogen and oxygen atoms in total. The molecule has 2 aromatic heterocycles. The van der Waals surface area contributed by atoms with Crippen LogP contribution in [0, 0.1) is 0 Å². The molecule has 63 heavy (non-hydrogen) atoms. The van der Waals surface area contributed by atoms with Crippen LogP contribution >= 0.6 is 0 Å². The first-order valence-electron chi connectivity index (χ1n) is 24.2. The number of hydrogen-bond acceptors (Lipinski definition) is 4. The van der Waals surface area contributed by atoms with Crippen molar-refractivity contribution in [3.63, 3.8) is 0 Å². The third-order valence-corrected chi connectivity index (χ3v) is 11.6. The zero-order valence-corrected chi connectivity index (χ0v) is 33.6. The van der Waals surface area contributed by atoms with Gasteiger partial charge in [-0.25, -0.2) is 15.0 Å². The maximum absolute atomic E-state index is 9.34. The maximum atomic E-state index is 9.34. The van der Waals surface area contributed by atoms with E-state index in [0.717, 1.165) is 66.1 Å². The van der Waals surface area contributed by atoms with Gasteiger partial charge in [0.2, 0.25) is 0 Å². The van der Waals surface area contributed by atoms with Crippen LogP contribution in [0.2, 0.25) is 0 Å². The summed E-state index contributed by atoms with van der Waals surface area (Å²) in [7, 11) is 0. The largest absolute Gasteiger partial charge is 0.456 e. The van der Waals surface area contributed by atoms with Crippen molar-refractivity contribution < 1.29 is 14.0 Å². The smallest absolute Gasteiger partial charge is 0.164 e. The molecule has 294 valence electrons. The standard InChI is InChI=1S/C59H37N3O/c1-3-13-38(14-4-1)42-27-25-39-26-28-47(36-48(39)34-42)59-61-57(45-19-11-17-41(33-45)43-29-30-54-53-23-9-10-24-55(53)63-56(54)37-43)60-58(62-59)46-20-12-18-44(35-46)50-32-31-49(40-15-5-2-6-16-40)51-21-7-8-22-52(50)51/h1-37H/i9D,10D,23D,24D,29D,30D,37D. The molecule has 10 aromatic carbocycles. The average Bonchev–Trinajstić information content (AvgIpc) is 3.83. The summed E-state index contributed by atoms with van der Waals surface area (Å²) in [4.78, 5) is 15.4. The monoisotopic (exact) mass is 810 g/mol. The number of hydrogen-bond donors (Lipinski definition) is 0. The summed E-state index contributed by atoms with van der Waals surface area (Å²) in [5.74, 6) is 1.23. The second-order valence-corrected chi connectivity index (χ2v) is 15.4. The van der Waals surface area contributed by atoms with Crippen molar-refractivity contribution in [3.8, 4) is 78.7 Å². The van der Waals surface area contributed by atoms with Gasteiger partial charge >= 0.3 is 0 Å². The van der Waals surface area contributed by atoms with Crippen LogP contribution in [0.15, 0.2) is 229 Å². The van der Waals surface area contributed by atoms with Crippen LogP contribution in [0.1, 0.15) is 9.60 Å². The fourth-order valence-electron chi connectivity index (χ4n) is 8.46. The second-order valence-electron chi connectivity index (χ2n) is 15.4. The third-order valence-electron chi connectivity index (χ3n) is 11.6. The van der Waals surface area contributed by atoms with Crippen LogP contribution in [0.3, 0.4) is 0 Å². The highest BCUT2D eigenvalue weighted by Gasteiger charge is 2.17. The number of rotatable bonds is 7. The summed E-state index contributed by atoms with van der Waals surface area (Å²) in [6, 6.07) is 58.8. The molecule has 0 amide bonds. The van der Waals surface area contributed by atoms with Gasteiger partial charge < -0.3 is 4.42 Å². The molecule has 0 fully saturated rings. The fourth-order valence-corrected chi connectivity index (χ4v) is 8.46. The molecule has 0 aliphatic rings. The molecule has 0 atom stereocenters. The molecule has 0 unspecified atom stereocenters. The number of nitrogens with zero attached hydrogens (tertiary/aromatic N) is 3. The van der Waals surface area contributed by atoms with Crippen molar-refractivity contribution in [2.24, 2.45) is 0 Å². The van der Waals surface area contributed by atoms with Gasteiger partial charge in [0, 0.05) is 27.5 Å². The van der Waals surface area contributed by atoms with Gasteiger partial charge in [-0.15, -0.1) is 0 Å². The summed E-state index contributed by atoms with van der Waals surface area (Å²) >= 11 is 0. The van der Waals surface area contributed by atoms with E-state index in [1.165, 1.54) is 0 Å². The normalized spacial score (nSPS) is 13.0. The summed E-state index contributed by atoms with van der Waals surface area (Å²) in [5.41, 5.74) is 8.94. The first kappa shape index (κ1) is 29.7. The summed E-state index contributed by atoms with van der Waals surface area (Å²) in [6.07, 6.45) is 0. The Morgan fingerprint density at radius 1 is 0.317 bits per heavy atom. The van der Waals surface area contributed by atoms with Gasteiger partial charge in [-0.1, -0.05) is 182 Å². The van der Waals surface area contributed by atoms with Gasteiger partial charge in [0.1, 0.15) is 11.2 Å². The predicted molar refractivity (Wildman–Crippen MR) is 260 cm³/mol. The Hall–Kier alpha value is -8.47. The van der Waals surface area contributed by atoms with Crippen LogP contribution < -0.4 is 0 Å². The minimum absolute atomic E-state index is 0.00250. The van der Waals surface area contributed by atoms with Crippen molar-refractivity contribution in [1.82, 2.24) is 15.0 Å². The molecular formula is C59H37N3O. The summed E-state index contributed by atoms with van der Waals surface area (Å²) in [5, 5.41) is 4.31. The van der Waals surface area contributed by atoms with E-state index < -0.39 is 18.1 Å². The lowest BCUT2D eigenvalue weighted by Crippen LogP contribution is -2.00. The van der Waals surface area contributed by atoms with E-state index in [2.05, 4.69) is 115 Å². The summed E-state index contributed by atoms with van der Waals surface area (Å²) < 4.78 is 67.2. The van der Waals surface area contributed by atoms with Crippen LogP contribution in [-0.4, -0.2) is 15.0 Å². The Labute approximate surface area is 374 Å². The third kappa shape index (κ3) is 6.71. The lowest BCUT2D eigenvalue weighted by molar-refractivity contribution is 0.669. The lowest BCUT2D eigenvalue weighted by Gasteiger charge is -2.14. The van der Waals surface area contributed by atoms with Crippen molar-refractivity contribution in [2.75, 3.05) is 0 Å². The lowest BCUT2D eigenvalue weighted by atomic mass is 9.91. The molecule has 0 N–H and O–H groups in total. The number of fused-ring (bicyclic) bond motifs is 5. The SMILES string of the molecule is [2H]c1c([2H])c([2H])c2c(oc3c([2H])c(-c4cccc(-c5nc(-c6cccc(-c7ccc(-c8ccccc8)c8ccccc78)c6)nc(-c6ccc7ccc(-c8ccccc8)cc7c6)n5)c4)c([2H])c([2H])c32)c1[2H]. The van der Waals surface area contributed by atoms with Gasteiger partial charge in [-0.2, -0.15) is 0 Å². The number of para-hydroxylation sites is 1. The summed E-state index contributed by atoms with van der Waals surface area (Å²) in [6.45, 7) is 0. The Morgan fingerprint density at radius 2 is 0.825 bits per heavy atom. The molecule has 0 aliphatic heterocycles. The molecule has 12 rings (SSSR count). The zero-order chi connectivity index (χ0) is 47.8. The second kappa shape index (κ2) is 15.2. The van der Waals surface area contributed by atoms with Gasteiger partial charge in [-0.05, 0) is 108 Å². The molecule has 0 saturated heterocycles. The van der Waals surface area contributed by atoms with E-state index in [0.29, 0.717) is 28.6 Å². The average molecular weight is 811 g/mol. The molecule has 0 saturated carbocycles. The number of benzene rings is 10. The molecule has 0 radical (unpaired) electrons. The zero-order valence-electron chi connectivity index (χ0n) is 40.6. The molecule has 12 aromatic rings. The van der Waals surface area contributed by atoms with Crippen LogP contribution in [-0.2, 0) is 0 Å². The van der Waals surface area contributed by atoms with Gasteiger partial charge in [0.15, 0.2) is 17.5 Å². The van der Waals surface area contributed by atoms with E-state index in [-0.39, 0.29) is 51.7 Å². The number of furan rings is 1. The molecule has 0 bridgehead atoms. The van der Waals surface area contributed by atoms with Crippen molar-refractivity contribution >= 4 is 43.5 Å². The van der Waals surface area contributed by atoms with Crippen molar-refractivity contribution in [2.45, 2.75) is 0 Å². The molecule has 0 spiro atoms. The number of aromatic nitrogens is 3. The molecule has 4 heteroatoms. The first-order valence-corrected chi connectivity index (χ1v) is 20.7. The topological polar surface area (TPSA) is 51.8 Å². The van der Waals surface area contributed by atoms with Crippen LogP contribution in [0.25, 0.3) is 122 Å². The molecule has 2 heterocycles. The van der Waals surface area contributed by atoms with E-state index in [1.54, 1.807) is 18.2 Å². The fraction of sp³-hybridized carbons (Fsp3) is 0. The Bertz CT molecular complexity index is 4100. The highest BCUT2D eigenvalue weighted by molar-refractivity contribution is 6.06. The highest BCUT2D eigenvalue weighted by Crippen LogP contribution is 2.38. The predicted octanol–water partition coefficient (Wildman–Crippen LogP) is 15.7. The van der Waals surface area contributed by atoms with E-state index in [9.17, 15) is 2.74 Å². The quantitative estimate of drug-likeness (QED) is 0.161. The molecular weight excluding hydrogens is 767 g/mol. The Kier molecular flexibility index (Phi) is 7.17. The highest BCUT2D eigenvalue weighted by atomic mass is 16.3. The van der Waals surface area contributed by atoms with E-state index >= 15 is 0 Å². The minimum atomic E-state index is -0.483. The van der Waals surface area contributed by atoms with Crippen LogP contribution in [0.4, 0.5) is 0 Å². The van der Waals surface area contributed by atoms with Crippen LogP contribution in [0.5, 0.6) is 0 Å². The van der Waals surface area contributed by atoms with Gasteiger partial charge in [0.05, 0.1) is 9.60 Å². The minimum Gasteiger partial charge on any atom is -0.456 e. The first-order chi connectivity index (χ1) is 34.1. The Morgan fingerprint density at radius 3 is 1.54 bits per heavy atom. The van der Waals surface area contributed by atoms with E-state index in [4.69, 9.17) is 26.2 Å². The van der Waals surface area contributed by atoms with Gasteiger partial charge in [-0.3, -0.25) is 0 Å². The Balaban J connectivity index is 1.02. The maximum Gasteiger partial charge on any atom is 0.164 e. The van der Waals surface area contributed by atoms with Crippen molar-refractivity contribution in [3.05, 3.63) is 224 Å². The van der Waals surface area contributed by atoms with E-state index in [1.807, 2.05) is 48.5 Å². The molecule has 0 aliphatic carbocycles. The van der Waals surface area contributed by atoms with Gasteiger partial charge in [0.25, 0.3) is 0 Å².